The highest BCUT2D eigenvalue weighted by molar-refractivity contribution is 5.75. The number of aromatic nitrogens is 2. The Morgan fingerprint density at radius 1 is 1.25 bits per heavy atom. The van der Waals surface area contributed by atoms with Crippen molar-refractivity contribution in [3.63, 3.8) is 0 Å². The maximum atomic E-state index is 13.2. The zero-order chi connectivity index (χ0) is 11.0. The molecule has 3 rings (SSSR count). The van der Waals surface area contributed by atoms with Gasteiger partial charge < -0.3 is 4.57 Å². The molecule has 1 aromatic heterocycles. The molecule has 0 atom stereocenters. The highest BCUT2D eigenvalue weighted by Gasteiger charge is 2.13. The third kappa shape index (κ3) is 1.69. The highest BCUT2D eigenvalue weighted by Crippen LogP contribution is 2.16. The maximum Gasteiger partial charge on any atom is 0.125 e. The van der Waals surface area contributed by atoms with E-state index in [9.17, 15) is 4.39 Å². The summed E-state index contributed by atoms with van der Waals surface area (Å²) in [6.07, 6.45) is 4.32. The van der Waals surface area contributed by atoms with Crippen LogP contribution in [0.5, 0.6) is 0 Å². The first kappa shape index (κ1) is 9.78. The summed E-state index contributed by atoms with van der Waals surface area (Å²) in [4.78, 5) is 6.64. The summed E-state index contributed by atoms with van der Waals surface area (Å²) in [5.74, 6) is -0.198. The Hall–Kier alpha value is -1.42. The standard InChI is InChI=1S/C12H14FN3/c13-10-3-4-11-12(7-10)16(8-14-11)9-15-5-1-2-6-15/h3-4,7-8H,1-2,5-6,9H2. The number of imidazole rings is 1. The summed E-state index contributed by atoms with van der Waals surface area (Å²) < 4.78 is 15.2. The third-order valence-corrected chi connectivity index (χ3v) is 3.13. The van der Waals surface area contributed by atoms with Crippen LogP contribution in [0.1, 0.15) is 12.8 Å². The molecule has 3 nitrogen and oxygen atoms in total. The number of nitrogens with zero attached hydrogens (tertiary/aromatic N) is 3. The van der Waals surface area contributed by atoms with Crippen molar-refractivity contribution in [2.45, 2.75) is 19.5 Å². The van der Waals surface area contributed by atoms with Crippen LogP contribution in [0, 0.1) is 5.82 Å². The predicted octanol–water partition coefficient (Wildman–Crippen LogP) is 2.23. The lowest BCUT2D eigenvalue weighted by molar-refractivity contribution is 0.274. The Kier molecular flexibility index (Phi) is 2.36. The summed E-state index contributed by atoms with van der Waals surface area (Å²) in [5, 5.41) is 0. The molecule has 4 heteroatoms. The van der Waals surface area contributed by atoms with Gasteiger partial charge in [0.2, 0.25) is 0 Å². The average molecular weight is 219 g/mol. The van der Waals surface area contributed by atoms with Crippen LogP contribution in [-0.4, -0.2) is 27.5 Å². The lowest BCUT2D eigenvalue weighted by atomic mass is 10.3. The Labute approximate surface area is 93.5 Å². The van der Waals surface area contributed by atoms with Gasteiger partial charge >= 0.3 is 0 Å². The van der Waals surface area contributed by atoms with E-state index in [0.717, 1.165) is 30.8 Å². The fraction of sp³-hybridized carbons (Fsp3) is 0.417. The molecule has 0 amide bonds. The van der Waals surface area contributed by atoms with Gasteiger partial charge in [0, 0.05) is 0 Å². The number of halogens is 1. The number of likely N-dealkylation sites (tertiary alicyclic amines) is 1. The van der Waals surface area contributed by atoms with E-state index in [0.29, 0.717) is 0 Å². The van der Waals surface area contributed by atoms with Crippen molar-refractivity contribution < 1.29 is 4.39 Å². The molecule has 1 aliphatic rings. The van der Waals surface area contributed by atoms with E-state index in [-0.39, 0.29) is 5.82 Å². The monoisotopic (exact) mass is 219 g/mol. The molecule has 0 N–H and O–H groups in total. The molecule has 16 heavy (non-hydrogen) atoms. The SMILES string of the molecule is Fc1ccc2ncn(CN3CCCC3)c2c1. The summed E-state index contributed by atoms with van der Waals surface area (Å²) >= 11 is 0. The highest BCUT2D eigenvalue weighted by atomic mass is 19.1. The normalized spacial score (nSPS) is 17.3. The van der Waals surface area contributed by atoms with Gasteiger partial charge in [-0.05, 0) is 44.1 Å². The fourth-order valence-electron chi connectivity index (χ4n) is 2.28. The van der Waals surface area contributed by atoms with Crippen LogP contribution in [0.25, 0.3) is 11.0 Å². The molecule has 2 aromatic rings. The molecule has 0 aliphatic carbocycles. The maximum absolute atomic E-state index is 13.2. The third-order valence-electron chi connectivity index (χ3n) is 3.13. The number of hydrogen-bond acceptors (Lipinski definition) is 2. The number of benzene rings is 1. The molecule has 0 saturated carbocycles. The largest absolute Gasteiger partial charge is 0.317 e. The first-order valence-corrected chi connectivity index (χ1v) is 5.66. The molecule has 1 aromatic carbocycles. The minimum absolute atomic E-state index is 0.198. The molecule has 1 aliphatic heterocycles. The van der Waals surface area contributed by atoms with E-state index in [1.165, 1.54) is 18.9 Å². The molecule has 0 bridgehead atoms. The molecule has 1 fully saturated rings. The Bertz CT molecular complexity index is 500. The summed E-state index contributed by atoms with van der Waals surface area (Å²) in [6.45, 7) is 3.09. The number of fused-ring (bicyclic) bond motifs is 1. The topological polar surface area (TPSA) is 21.1 Å². The first-order valence-electron chi connectivity index (χ1n) is 5.66. The molecule has 0 unspecified atom stereocenters. The molecule has 2 heterocycles. The lowest BCUT2D eigenvalue weighted by Crippen LogP contribution is -2.22. The van der Waals surface area contributed by atoms with Gasteiger partial charge in [-0.25, -0.2) is 9.37 Å². The van der Waals surface area contributed by atoms with Gasteiger partial charge in [-0.15, -0.1) is 0 Å². The van der Waals surface area contributed by atoms with Gasteiger partial charge in [0.05, 0.1) is 24.0 Å². The molecule has 0 radical (unpaired) electrons. The number of hydrogen-bond donors (Lipinski definition) is 0. The van der Waals surface area contributed by atoms with Crippen LogP contribution < -0.4 is 0 Å². The van der Waals surface area contributed by atoms with E-state index < -0.39 is 0 Å². The van der Waals surface area contributed by atoms with E-state index in [1.807, 2.05) is 4.57 Å². The molecular formula is C12H14FN3. The molecule has 84 valence electrons. The zero-order valence-corrected chi connectivity index (χ0v) is 9.06. The van der Waals surface area contributed by atoms with Crippen molar-refractivity contribution in [2.24, 2.45) is 0 Å². The Morgan fingerprint density at radius 3 is 2.88 bits per heavy atom. The lowest BCUT2D eigenvalue weighted by Gasteiger charge is -2.15. The minimum atomic E-state index is -0.198. The second kappa shape index (κ2) is 3.87. The van der Waals surface area contributed by atoms with Crippen LogP contribution in [0.15, 0.2) is 24.5 Å². The van der Waals surface area contributed by atoms with Gasteiger partial charge in [0.25, 0.3) is 0 Å². The van der Waals surface area contributed by atoms with Gasteiger partial charge in [-0.1, -0.05) is 0 Å². The van der Waals surface area contributed by atoms with Crippen molar-refractivity contribution in [3.8, 4) is 0 Å². The first-order chi connectivity index (χ1) is 7.83. The van der Waals surface area contributed by atoms with Gasteiger partial charge in [-0.2, -0.15) is 0 Å². The Morgan fingerprint density at radius 2 is 2.06 bits per heavy atom. The minimum Gasteiger partial charge on any atom is -0.317 e. The second-order valence-corrected chi connectivity index (χ2v) is 4.31. The quantitative estimate of drug-likeness (QED) is 0.772. The average Bonchev–Trinajstić information content (AvgIpc) is 2.90. The number of rotatable bonds is 2. The molecule has 0 spiro atoms. The van der Waals surface area contributed by atoms with Crippen molar-refractivity contribution >= 4 is 11.0 Å². The molecular weight excluding hydrogens is 205 g/mol. The van der Waals surface area contributed by atoms with Crippen molar-refractivity contribution in [1.29, 1.82) is 0 Å². The summed E-state index contributed by atoms with van der Waals surface area (Å²) in [5.41, 5.74) is 1.74. The zero-order valence-electron chi connectivity index (χ0n) is 9.06. The van der Waals surface area contributed by atoms with E-state index in [2.05, 4.69) is 9.88 Å². The van der Waals surface area contributed by atoms with Crippen LogP contribution in [0.3, 0.4) is 0 Å². The van der Waals surface area contributed by atoms with Gasteiger partial charge in [0.1, 0.15) is 5.82 Å². The van der Waals surface area contributed by atoms with Crippen molar-refractivity contribution in [1.82, 2.24) is 14.5 Å². The predicted molar refractivity (Wildman–Crippen MR) is 60.5 cm³/mol. The van der Waals surface area contributed by atoms with Gasteiger partial charge in [-0.3, -0.25) is 4.90 Å². The van der Waals surface area contributed by atoms with Crippen molar-refractivity contribution in [2.75, 3.05) is 13.1 Å². The smallest absolute Gasteiger partial charge is 0.125 e. The summed E-state index contributed by atoms with van der Waals surface area (Å²) in [6, 6.07) is 4.74. The van der Waals surface area contributed by atoms with E-state index >= 15 is 0 Å². The summed E-state index contributed by atoms with van der Waals surface area (Å²) in [7, 11) is 0. The fourth-order valence-corrected chi connectivity index (χ4v) is 2.28. The van der Waals surface area contributed by atoms with E-state index in [1.54, 1.807) is 18.5 Å². The van der Waals surface area contributed by atoms with Gasteiger partial charge in [0.15, 0.2) is 0 Å². The molecule has 1 saturated heterocycles. The van der Waals surface area contributed by atoms with Crippen LogP contribution in [0.2, 0.25) is 0 Å². The van der Waals surface area contributed by atoms with Crippen LogP contribution >= 0.6 is 0 Å². The Balaban J connectivity index is 1.93. The second-order valence-electron chi connectivity index (χ2n) is 4.31. The van der Waals surface area contributed by atoms with Crippen LogP contribution in [-0.2, 0) is 6.67 Å². The van der Waals surface area contributed by atoms with Crippen LogP contribution in [0.4, 0.5) is 4.39 Å². The van der Waals surface area contributed by atoms with Crippen molar-refractivity contribution in [3.05, 3.63) is 30.3 Å². The van der Waals surface area contributed by atoms with E-state index in [4.69, 9.17) is 0 Å².